The fourth-order valence-corrected chi connectivity index (χ4v) is 4.22. The van der Waals surface area contributed by atoms with Crippen LogP contribution in [0.25, 0.3) is 0 Å². The zero-order valence-electron chi connectivity index (χ0n) is 17.0. The van der Waals surface area contributed by atoms with Crippen molar-refractivity contribution in [2.75, 3.05) is 60.2 Å². The van der Waals surface area contributed by atoms with Gasteiger partial charge in [-0.05, 0) is 30.7 Å². The van der Waals surface area contributed by atoms with Crippen molar-refractivity contribution in [3.05, 3.63) is 22.8 Å². The Labute approximate surface area is 176 Å². The molecule has 8 nitrogen and oxygen atoms in total. The number of hydrogen-bond donors (Lipinski definition) is 0. The van der Waals surface area contributed by atoms with E-state index in [1.165, 1.54) is 7.11 Å². The minimum absolute atomic E-state index is 0.0232. The Morgan fingerprint density at radius 3 is 2.45 bits per heavy atom. The van der Waals surface area contributed by atoms with E-state index < -0.39 is 0 Å². The SMILES string of the molecule is COCCOCC(=O)N1CCC2(CCN(C(=O)c3cc(Cl)nc(OC)c3)CC2)C1. The number of carbonyl (C=O) groups is 2. The molecule has 3 heterocycles. The normalized spacial score (nSPS) is 18.3. The van der Waals surface area contributed by atoms with Gasteiger partial charge < -0.3 is 24.0 Å². The van der Waals surface area contributed by atoms with Crippen molar-refractivity contribution in [3.8, 4) is 5.88 Å². The first-order chi connectivity index (χ1) is 14.0. The van der Waals surface area contributed by atoms with Crippen LogP contribution in [0.1, 0.15) is 29.6 Å². The van der Waals surface area contributed by atoms with Gasteiger partial charge in [-0.3, -0.25) is 9.59 Å². The van der Waals surface area contributed by atoms with E-state index in [0.29, 0.717) is 37.7 Å². The van der Waals surface area contributed by atoms with E-state index in [-0.39, 0.29) is 29.0 Å². The average molecular weight is 426 g/mol. The summed E-state index contributed by atoms with van der Waals surface area (Å²) in [7, 11) is 3.10. The van der Waals surface area contributed by atoms with Gasteiger partial charge in [-0.2, -0.15) is 0 Å². The van der Waals surface area contributed by atoms with Gasteiger partial charge in [0.05, 0.1) is 20.3 Å². The van der Waals surface area contributed by atoms with E-state index >= 15 is 0 Å². The molecular weight excluding hydrogens is 398 g/mol. The van der Waals surface area contributed by atoms with Gasteiger partial charge in [-0.15, -0.1) is 0 Å². The smallest absolute Gasteiger partial charge is 0.254 e. The second kappa shape index (κ2) is 9.73. The molecule has 1 spiro atoms. The molecule has 0 radical (unpaired) electrons. The maximum Gasteiger partial charge on any atom is 0.254 e. The maximum atomic E-state index is 12.9. The molecule has 1 aromatic rings. The highest BCUT2D eigenvalue weighted by atomic mass is 35.5. The average Bonchev–Trinajstić information content (AvgIpc) is 3.14. The van der Waals surface area contributed by atoms with E-state index in [1.807, 2.05) is 9.80 Å². The first kappa shape index (κ1) is 21.8. The minimum atomic E-state index is -0.0695. The Morgan fingerprint density at radius 2 is 1.79 bits per heavy atom. The number of ether oxygens (including phenoxy) is 3. The summed E-state index contributed by atoms with van der Waals surface area (Å²) in [6, 6.07) is 3.18. The lowest BCUT2D eigenvalue weighted by Gasteiger charge is -2.39. The fraction of sp³-hybridized carbons (Fsp3) is 0.650. The monoisotopic (exact) mass is 425 g/mol. The summed E-state index contributed by atoms with van der Waals surface area (Å²) in [5.74, 6) is 0.280. The number of methoxy groups -OCH3 is 2. The summed E-state index contributed by atoms with van der Waals surface area (Å²) >= 11 is 5.99. The fourth-order valence-electron chi connectivity index (χ4n) is 4.02. The van der Waals surface area contributed by atoms with Crippen LogP contribution in [0.15, 0.2) is 12.1 Å². The van der Waals surface area contributed by atoms with Crippen LogP contribution in [0.3, 0.4) is 0 Å². The van der Waals surface area contributed by atoms with Crippen molar-refractivity contribution >= 4 is 23.4 Å². The molecule has 0 atom stereocenters. The number of hydrogen-bond acceptors (Lipinski definition) is 6. The van der Waals surface area contributed by atoms with Gasteiger partial charge in [0.25, 0.3) is 5.91 Å². The van der Waals surface area contributed by atoms with E-state index in [4.69, 9.17) is 25.8 Å². The van der Waals surface area contributed by atoms with Crippen LogP contribution in [-0.2, 0) is 14.3 Å². The molecule has 2 amide bonds. The summed E-state index contributed by atoms with van der Waals surface area (Å²) < 4.78 is 15.4. The van der Waals surface area contributed by atoms with Gasteiger partial charge in [-0.1, -0.05) is 11.6 Å². The van der Waals surface area contributed by atoms with Crippen molar-refractivity contribution in [2.45, 2.75) is 19.3 Å². The van der Waals surface area contributed by atoms with Crippen LogP contribution >= 0.6 is 11.6 Å². The molecule has 3 rings (SSSR count). The number of piperidine rings is 1. The molecule has 29 heavy (non-hydrogen) atoms. The van der Waals surface area contributed by atoms with Crippen molar-refractivity contribution in [3.63, 3.8) is 0 Å². The van der Waals surface area contributed by atoms with Gasteiger partial charge in [0.15, 0.2) is 0 Å². The molecule has 2 aliphatic rings. The number of likely N-dealkylation sites (tertiary alicyclic amines) is 2. The lowest BCUT2D eigenvalue weighted by atomic mass is 9.77. The standard InChI is InChI=1S/C20H28ClN3O5/c1-27-9-10-29-13-18(25)24-8-5-20(14-24)3-6-23(7-4-20)19(26)15-11-16(21)22-17(12-15)28-2/h11-12H,3-10,13-14H2,1-2H3. The van der Waals surface area contributed by atoms with E-state index in [2.05, 4.69) is 4.98 Å². The van der Waals surface area contributed by atoms with Crippen LogP contribution in [-0.4, -0.2) is 86.8 Å². The number of pyridine rings is 1. The van der Waals surface area contributed by atoms with Crippen LogP contribution in [0.5, 0.6) is 5.88 Å². The summed E-state index contributed by atoms with van der Waals surface area (Å²) in [6.07, 6.45) is 2.72. The first-order valence-corrected chi connectivity index (χ1v) is 10.2. The molecular formula is C20H28ClN3O5. The van der Waals surface area contributed by atoms with Gasteiger partial charge in [0.2, 0.25) is 11.8 Å². The Morgan fingerprint density at radius 1 is 1.10 bits per heavy atom. The Bertz CT molecular complexity index is 737. The van der Waals surface area contributed by atoms with Crippen LogP contribution in [0, 0.1) is 5.41 Å². The highest BCUT2D eigenvalue weighted by Gasteiger charge is 2.42. The predicted molar refractivity (Wildman–Crippen MR) is 107 cm³/mol. The van der Waals surface area contributed by atoms with Crippen molar-refractivity contribution in [2.24, 2.45) is 5.41 Å². The number of aromatic nitrogens is 1. The second-order valence-corrected chi connectivity index (χ2v) is 8.01. The lowest BCUT2D eigenvalue weighted by Crippen LogP contribution is -2.45. The highest BCUT2D eigenvalue weighted by molar-refractivity contribution is 6.29. The number of carbonyl (C=O) groups excluding carboxylic acids is 2. The molecule has 2 fully saturated rings. The van der Waals surface area contributed by atoms with Gasteiger partial charge in [0, 0.05) is 44.9 Å². The van der Waals surface area contributed by atoms with Gasteiger partial charge in [0.1, 0.15) is 11.8 Å². The minimum Gasteiger partial charge on any atom is -0.481 e. The summed E-state index contributed by atoms with van der Waals surface area (Å²) in [5.41, 5.74) is 0.571. The van der Waals surface area contributed by atoms with Crippen LogP contribution < -0.4 is 4.74 Å². The van der Waals surface area contributed by atoms with Crippen LogP contribution in [0.4, 0.5) is 0 Å². The molecule has 160 valence electrons. The lowest BCUT2D eigenvalue weighted by molar-refractivity contribution is -0.136. The van der Waals surface area contributed by atoms with Crippen molar-refractivity contribution < 1.29 is 23.8 Å². The quantitative estimate of drug-likeness (QED) is 0.490. The second-order valence-electron chi connectivity index (χ2n) is 7.62. The summed E-state index contributed by atoms with van der Waals surface area (Å²) in [5, 5.41) is 0.235. The van der Waals surface area contributed by atoms with Gasteiger partial charge >= 0.3 is 0 Å². The topological polar surface area (TPSA) is 81.2 Å². The Kier molecular flexibility index (Phi) is 7.32. The van der Waals surface area contributed by atoms with Gasteiger partial charge in [-0.25, -0.2) is 4.98 Å². The molecule has 0 unspecified atom stereocenters. The third-order valence-corrected chi connectivity index (χ3v) is 5.98. The third-order valence-electron chi connectivity index (χ3n) is 5.79. The molecule has 2 aliphatic heterocycles. The molecule has 0 N–H and O–H groups in total. The third kappa shape index (κ3) is 5.38. The van der Waals surface area contributed by atoms with Crippen LogP contribution in [0.2, 0.25) is 5.15 Å². The van der Waals surface area contributed by atoms with E-state index in [9.17, 15) is 9.59 Å². The van der Waals surface area contributed by atoms with E-state index in [1.54, 1.807) is 19.2 Å². The largest absolute Gasteiger partial charge is 0.481 e. The molecule has 2 saturated heterocycles. The maximum absolute atomic E-state index is 12.9. The molecule has 0 bridgehead atoms. The number of nitrogens with zero attached hydrogens (tertiary/aromatic N) is 3. The van der Waals surface area contributed by atoms with Crippen molar-refractivity contribution in [1.29, 1.82) is 0 Å². The van der Waals surface area contributed by atoms with Crippen molar-refractivity contribution in [1.82, 2.24) is 14.8 Å². The first-order valence-electron chi connectivity index (χ1n) is 9.82. The molecule has 1 aromatic heterocycles. The number of rotatable bonds is 7. The molecule has 0 aromatic carbocycles. The van der Waals surface area contributed by atoms with E-state index in [0.717, 1.165) is 32.4 Å². The molecule has 0 aliphatic carbocycles. The molecule has 9 heteroatoms. The number of amides is 2. The predicted octanol–water partition coefficient (Wildman–Crippen LogP) is 1.86. The Hall–Kier alpha value is -1.90. The Balaban J connectivity index is 1.52. The zero-order chi connectivity index (χ0) is 20.9. The highest BCUT2D eigenvalue weighted by Crippen LogP contribution is 2.40. The summed E-state index contributed by atoms with van der Waals surface area (Å²) in [6.45, 7) is 3.79. The molecule has 0 saturated carbocycles. The summed E-state index contributed by atoms with van der Waals surface area (Å²) in [4.78, 5) is 33.0. The number of halogens is 1. The zero-order valence-corrected chi connectivity index (χ0v) is 17.7.